The van der Waals surface area contributed by atoms with E-state index in [2.05, 4.69) is 93.6 Å². The number of rotatable bonds is 11. The highest BCUT2D eigenvalue weighted by molar-refractivity contribution is 5.44. The fraction of sp³-hybridized carbons (Fsp3) is 0.314. The van der Waals surface area contributed by atoms with Crippen molar-refractivity contribution in [3.8, 4) is 0 Å². The fourth-order valence-electron chi connectivity index (χ4n) is 5.27. The van der Waals surface area contributed by atoms with Gasteiger partial charge in [-0.25, -0.2) is 0 Å². The van der Waals surface area contributed by atoms with E-state index in [1.807, 2.05) is 24.3 Å². The maximum Gasteiger partial charge on any atom is 0.0314 e. The van der Waals surface area contributed by atoms with Gasteiger partial charge in [0.05, 0.1) is 0 Å². The Morgan fingerprint density at radius 3 is 1.32 bits per heavy atom. The van der Waals surface area contributed by atoms with E-state index in [9.17, 15) is 0 Å². The Hall–Kier alpha value is -3.52. The SMILES string of the molecule is CCCCCC(Cc1ccc(C(C)c2ccc(N)cc2)cc1)c1ccc(C(C)c2ccc(N)cc2)cc1. The molecule has 4 rings (SSSR count). The maximum atomic E-state index is 5.88. The van der Waals surface area contributed by atoms with Gasteiger partial charge in [-0.3, -0.25) is 0 Å². The molecule has 2 heteroatoms. The molecule has 2 nitrogen and oxygen atoms in total. The van der Waals surface area contributed by atoms with Crippen LogP contribution < -0.4 is 11.5 Å². The monoisotopic (exact) mass is 490 g/mol. The average molecular weight is 491 g/mol. The van der Waals surface area contributed by atoms with Gasteiger partial charge >= 0.3 is 0 Å². The van der Waals surface area contributed by atoms with Crippen molar-refractivity contribution in [3.63, 3.8) is 0 Å². The topological polar surface area (TPSA) is 52.0 Å². The Bertz CT molecular complexity index is 1220. The number of hydrogen-bond donors (Lipinski definition) is 2. The van der Waals surface area contributed by atoms with Crippen LogP contribution in [0.2, 0.25) is 0 Å². The molecule has 0 aromatic heterocycles. The van der Waals surface area contributed by atoms with Gasteiger partial charge in [-0.1, -0.05) is 113 Å². The van der Waals surface area contributed by atoms with Gasteiger partial charge in [0.25, 0.3) is 0 Å². The van der Waals surface area contributed by atoms with E-state index in [-0.39, 0.29) is 0 Å². The molecule has 4 aromatic rings. The van der Waals surface area contributed by atoms with Crippen LogP contribution >= 0.6 is 0 Å². The maximum absolute atomic E-state index is 5.88. The molecule has 0 aliphatic heterocycles. The van der Waals surface area contributed by atoms with Crippen LogP contribution in [0.3, 0.4) is 0 Å². The molecule has 3 atom stereocenters. The molecule has 4 aromatic carbocycles. The average Bonchev–Trinajstić information content (AvgIpc) is 2.93. The zero-order valence-electron chi connectivity index (χ0n) is 22.7. The third-order valence-corrected chi connectivity index (χ3v) is 7.90. The molecular formula is C35H42N2. The molecule has 0 radical (unpaired) electrons. The number of hydrogen-bond acceptors (Lipinski definition) is 2. The van der Waals surface area contributed by atoms with Gasteiger partial charge in [0.2, 0.25) is 0 Å². The highest BCUT2D eigenvalue weighted by Crippen LogP contribution is 2.31. The molecule has 192 valence electrons. The summed E-state index contributed by atoms with van der Waals surface area (Å²) >= 11 is 0. The van der Waals surface area contributed by atoms with Gasteiger partial charge in [0.1, 0.15) is 0 Å². The van der Waals surface area contributed by atoms with E-state index in [4.69, 9.17) is 11.5 Å². The summed E-state index contributed by atoms with van der Waals surface area (Å²) in [4.78, 5) is 0. The minimum Gasteiger partial charge on any atom is -0.399 e. The minimum absolute atomic E-state index is 0.351. The zero-order chi connectivity index (χ0) is 26.2. The molecule has 3 unspecified atom stereocenters. The van der Waals surface area contributed by atoms with E-state index < -0.39 is 0 Å². The lowest BCUT2D eigenvalue weighted by Crippen LogP contribution is -2.05. The molecule has 0 saturated carbocycles. The van der Waals surface area contributed by atoms with Crippen molar-refractivity contribution in [1.29, 1.82) is 0 Å². The third-order valence-electron chi connectivity index (χ3n) is 7.90. The summed E-state index contributed by atoms with van der Waals surface area (Å²) in [5.74, 6) is 1.24. The van der Waals surface area contributed by atoms with Crippen LogP contribution in [-0.2, 0) is 6.42 Å². The third kappa shape index (κ3) is 7.04. The first-order chi connectivity index (χ1) is 17.9. The van der Waals surface area contributed by atoms with Gasteiger partial charge < -0.3 is 11.5 Å². The van der Waals surface area contributed by atoms with Crippen LogP contribution in [0.1, 0.15) is 97.6 Å². The van der Waals surface area contributed by atoms with E-state index in [1.54, 1.807) is 0 Å². The first kappa shape index (κ1) is 26.5. The van der Waals surface area contributed by atoms with Crippen LogP contribution in [0.4, 0.5) is 11.4 Å². The molecule has 0 aliphatic rings. The van der Waals surface area contributed by atoms with Gasteiger partial charge in [-0.05, 0) is 76.4 Å². The Kier molecular flexibility index (Phi) is 9.06. The fourth-order valence-corrected chi connectivity index (χ4v) is 5.27. The molecule has 4 N–H and O–H groups in total. The number of anilines is 2. The second-order valence-electron chi connectivity index (χ2n) is 10.6. The van der Waals surface area contributed by atoms with Crippen LogP contribution in [0.15, 0.2) is 97.1 Å². The van der Waals surface area contributed by atoms with Crippen molar-refractivity contribution in [1.82, 2.24) is 0 Å². The van der Waals surface area contributed by atoms with Crippen molar-refractivity contribution in [2.45, 2.75) is 70.6 Å². The first-order valence-electron chi connectivity index (χ1n) is 13.8. The van der Waals surface area contributed by atoms with E-state index in [0.29, 0.717) is 17.8 Å². The zero-order valence-corrected chi connectivity index (χ0v) is 22.7. The van der Waals surface area contributed by atoms with Crippen molar-refractivity contribution >= 4 is 11.4 Å². The van der Waals surface area contributed by atoms with Gasteiger partial charge in [-0.15, -0.1) is 0 Å². The van der Waals surface area contributed by atoms with Gasteiger partial charge in [-0.2, -0.15) is 0 Å². The van der Waals surface area contributed by atoms with Gasteiger partial charge in [0, 0.05) is 23.2 Å². The van der Waals surface area contributed by atoms with E-state index in [0.717, 1.165) is 17.8 Å². The van der Waals surface area contributed by atoms with Crippen LogP contribution in [0.25, 0.3) is 0 Å². The Morgan fingerprint density at radius 2 is 0.892 bits per heavy atom. The number of benzene rings is 4. The molecule has 0 amide bonds. The molecule has 0 saturated heterocycles. The summed E-state index contributed by atoms with van der Waals surface area (Å²) in [5, 5.41) is 0. The van der Waals surface area contributed by atoms with Crippen molar-refractivity contribution in [2.75, 3.05) is 11.5 Å². The Balaban J connectivity index is 1.47. The largest absolute Gasteiger partial charge is 0.399 e. The summed E-state index contributed by atoms with van der Waals surface area (Å²) in [6.45, 7) is 6.82. The van der Waals surface area contributed by atoms with Gasteiger partial charge in [0.15, 0.2) is 0 Å². The van der Waals surface area contributed by atoms with E-state index in [1.165, 1.54) is 59.1 Å². The summed E-state index contributed by atoms with van der Waals surface area (Å²) in [5.41, 5.74) is 21.5. The Labute approximate surface area is 223 Å². The van der Waals surface area contributed by atoms with E-state index >= 15 is 0 Å². The second-order valence-corrected chi connectivity index (χ2v) is 10.6. The number of nitrogens with two attached hydrogens (primary N) is 2. The second kappa shape index (κ2) is 12.6. The van der Waals surface area contributed by atoms with Crippen molar-refractivity contribution in [3.05, 3.63) is 130 Å². The highest BCUT2D eigenvalue weighted by Gasteiger charge is 2.15. The quantitative estimate of drug-likeness (QED) is 0.163. The highest BCUT2D eigenvalue weighted by atomic mass is 14.5. The number of unbranched alkanes of at least 4 members (excludes halogenated alkanes) is 2. The smallest absolute Gasteiger partial charge is 0.0314 e. The lowest BCUT2D eigenvalue weighted by atomic mass is 9.85. The Morgan fingerprint density at radius 1 is 0.514 bits per heavy atom. The normalized spacial score (nSPS) is 13.7. The molecule has 0 aliphatic carbocycles. The predicted octanol–water partition coefficient (Wildman–Crippen LogP) is 9.06. The lowest BCUT2D eigenvalue weighted by Gasteiger charge is -2.20. The first-order valence-corrected chi connectivity index (χ1v) is 13.8. The lowest BCUT2D eigenvalue weighted by molar-refractivity contribution is 0.563. The number of nitrogen functional groups attached to an aromatic ring is 2. The summed E-state index contributed by atoms with van der Waals surface area (Å²) in [7, 11) is 0. The predicted molar refractivity (Wildman–Crippen MR) is 160 cm³/mol. The summed E-state index contributed by atoms with van der Waals surface area (Å²) in [6, 6.07) is 35.1. The molecule has 0 fully saturated rings. The molecular weight excluding hydrogens is 448 g/mol. The van der Waals surface area contributed by atoms with Crippen molar-refractivity contribution < 1.29 is 0 Å². The molecule has 0 spiro atoms. The summed E-state index contributed by atoms with van der Waals surface area (Å²) in [6.07, 6.45) is 6.12. The molecule has 37 heavy (non-hydrogen) atoms. The summed E-state index contributed by atoms with van der Waals surface area (Å²) < 4.78 is 0. The van der Waals surface area contributed by atoms with Crippen LogP contribution in [0.5, 0.6) is 0 Å². The molecule has 0 bridgehead atoms. The van der Waals surface area contributed by atoms with Crippen molar-refractivity contribution in [2.24, 2.45) is 0 Å². The standard InChI is InChI=1S/C35H42N2/c1-4-5-6-7-33(32-14-12-29(13-15-32)26(3)31-18-22-35(37)23-19-31)24-27-8-10-28(11-9-27)25(2)30-16-20-34(36)21-17-30/h8-23,25-26,33H,4-7,24,36-37H2,1-3H3. The minimum atomic E-state index is 0.351. The van der Waals surface area contributed by atoms with Crippen LogP contribution in [0, 0.1) is 0 Å². The van der Waals surface area contributed by atoms with Crippen LogP contribution in [-0.4, -0.2) is 0 Å². The molecule has 0 heterocycles.